The fraction of sp³-hybridized carbons (Fsp3) is 0.538. The van der Waals surface area contributed by atoms with Crippen LogP contribution < -0.4 is 5.73 Å². The van der Waals surface area contributed by atoms with E-state index in [0.29, 0.717) is 0 Å². The van der Waals surface area contributed by atoms with Crippen LogP contribution in [0.3, 0.4) is 0 Å². The van der Waals surface area contributed by atoms with Crippen molar-refractivity contribution >= 4 is 11.7 Å². The Kier molecular flexibility index (Phi) is 3.50. The molecule has 0 saturated carbocycles. The van der Waals surface area contributed by atoms with E-state index in [9.17, 15) is 9.18 Å². The van der Waals surface area contributed by atoms with E-state index in [1.54, 1.807) is 4.90 Å². The molecule has 0 aliphatic carbocycles. The number of halogens is 1. The number of hydrogen-bond acceptors (Lipinski definition) is 3. The van der Waals surface area contributed by atoms with Gasteiger partial charge >= 0.3 is 0 Å². The molecule has 2 heterocycles. The molecule has 2 atom stereocenters. The second-order valence-electron chi connectivity index (χ2n) is 4.90. The Balaban J connectivity index is 2.32. The first-order chi connectivity index (χ1) is 8.52. The number of nitrogens with two attached hydrogens (primary N) is 1. The van der Waals surface area contributed by atoms with Crippen molar-refractivity contribution in [3.63, 3.8) is 0 Å². The van der Waals surface area contributed by atoms with Crippen molar-refractivity contribution in [2.45, 2.75) is 45.2 Å². The van der Waals surface area contributed by atoms with Gasteiger partial charge in [0.15, 0.2) is 11.6 Å². The highest BCUT2D eigenvalue weighted by Crippen LogP contribution is 2.25. The van der Waals surface area contributed by atoms with Crippen LogP contribution in [0.4, 0.5) is 10.2 Å². The Morgan fingerprint density at radius 3 is 2.67 bits per heavy atom. The van der Waals surface area contributed by atoms with Gasteiger partial charge in [-0.25, -0.2) is 9.37 Å². The van der Waals surface area contributed by atoms with Gasteiger partial charge in [0.05, 0.1) is 5.56 Å². The van der Waals surface area contributed by atoms with Crippen LogP contribution in [-0.4, -0.2) is 27.9 Å². The molecule has 4 nitrogen and oxygen atoms in total. The van der Waals surface area contributed by atoms with Gasteiger partial charge in [0.2, 0.25) is 0 Å². The van der Waals surface area contributed by atoms with E-state index in [-0.39, 0.29) is 29.4 Å². The second kappa shape index (κ2) is 4.92. The van der Waals surface area contributed by atoms with Gasteiger partial charge in [0.1, 0.15) is 0 Å². The van der Waals surface area contributed by atoms with Crippen molar-refractivity contribution in [1.82, 2.24) is 9.88 Å². The average Bonchev–Trinajstić information content (AvgIpc) is 2.32. The summed E-state index contributed by atoms with van der Waals surface area (Å²) in [6.07, 6.45) is 4.38. The summed E-state index contributed by atoms with van der Waals surface area (Å²) in [7, 11) is 0. The van der Waals surface area contributed by atoms with Crippen LogP contribution in [0.15, 0.2) is 12.3 Å². The molecular weight excluding hydrogens is 233 g/mol. The Morgan fingerprint density at radius 2 is 2.06 bits per heavy atom. The zero-order valence-electron chi connectivity index (χ0n) is 10.7. The van der Waals surface area contributed by atoms with E-state index in [1.807, 2.05) is 13.8 Å². The zero-order valence-corrected chi connectivity index (χ0v) is 10.7. The fourth-order valence-electron chi connectivity index (χ4n) is 2.59. The summed E-state index contributed by atoms with van der Waals surface area (Å²) in [5.41, 5.74) is 5.42. The molecule has 1 saturated heterocycles. The number of hydrogen-bond donors (Lipinski definition) is 1. The Labute approximate surface area is 106 Å². The molecule has 5 heteroatoms. The van der Waals surface area contributed by atoms with E-state index in [4.69, 9.17) is 5.73 Å². The van der Waals surface area contributed by atoms with E-state index in [0.717, 1.165) is 19.3 Å². The average molecular weight is 251 g/mol. The summed E-state index contributed by atoms with van der Waals surface area (Å²) in [5.74, 6) is -1.23. The number of anilines is 1. The predicted octanol–water partition coefficient (Wildman–Crippen LogP) is 2.21. The molecule has 0 unspecified atom stereocenters. The standard InChI is InChI=1S/C13H18FN3O/c1-8-4-3-5-9(2)17(8)13(18)10-6-7-16-12(15)11(10)14/h6-9H,3-5H2,1-2H3,(H2,15,16)/t8-,9+. The molecule has 0 radical (unpaired) electrons. The number of nitrogens with zero attached hydrogens (tertiary/aromatic N) is 2. The maximum Gasteiger partial charge on any atom is 0.257 e. The number of rotatable bonds is 1. The normalized spacial score (nSPS) is 24.1. The van der Waals surface area contributed by atoms with Crippen molar-refractivity contribution in [2.24, 2.45) is 0 Å². The Hall–Kier alpha value is -1.65. The maximum atomic E-state index is 13.8. The molecule has 2 N–H and O–H groups in total. The van der Waals surface area contributed by atoms with E-state index in [1.165, 1.54) is 12.3 Å². The Morgan fingerprint density at radius 1 is 1.44 bits per heavy atom. The fourth-order valence-corrected chi connectivity index (χ4v) is 2.59. The summed E-state index contributed by atoms with van der Waals surface area (Å²) < 4.78 is 13.8. The SMILES string of the molecule is C[C@@H]1CCC[C@H](C)N1C(=O)c1ccnc(N)c1F. The van der Waals surface area contributed by atoms with Crippen LogP contribution in [0.5, 0.6) is 0 Å². The smallest absolute Gasteiger partial charge is 0.257 e. The molecule has 1 aromatic heterocycles. The van der Waals surface area contributed by atoms with Gasteiger partial charge < -0.3 is 10.6 Å². The molecular formula is C13H18FN3O. The van der Waals surface area contributed by atoms with Crippen LogP contribution in [0.25, 0.3) is 0 Å². The van der Waals surface area contributed by atoms with Crippen LogP contribution in [-0.2, 0) is 0 Å². The van der Waals surface area contributed by atoms with Crippen molar-refractivity contribution in [2.75, 3.05) is 5.73 Å². The number of carbonyl (C=O) groups is 1. The summed E-state index contributed by atoms with van der Waals surface area (Å²) in [6.45, 7) is 3.99. The summed E-state index contributed by atoms with van der Waals surface area (Å²) in [5, 5.41) is 0. The number of aromatic nitrogens is 1. The van der Waals surface area contributed by atoms with Gasteiger partial charge in [-0.1, -0.05) is 0 Å². The third-order valence-electron chi connectivity index (χ3n) is 3.57. The lowest BCUT2D eigenvalue weighted by molar-refractivity contribution is 0.0506. The lowest BCUT2D eigenvalue weighted by Gasteiger charge is -2.39. The highest BCUT2D eigenvalue weighted by atomic mass is 19.1. The first kappa shape index (κ1) is 12.8. The first-order valence-corrected chi connectivity index (χ1v) is 6.25. The highest BCUT2D eigenvalue weighted by molar-refractivity contribution is 5.95. The van der Waals surface area contributed by atoms with Gasteiger partial charge in [-0.05, 0) is 39.2 Å². The van der Waals surface area contributed by atoms with Crippen molar-refractivity contribution < 1.29 is 9.18 Å². The van der Waals surface area contributed by atoms with Crippen LogP contribution in [0.2, 0.25) is 0 Å². The van der Waals surface area contributed by atoms with Gasteiger partial charge in [0, 0.05) is 18.3 Å². The van der Waals surface area contributed by atoms with E-state index in [2.05, 4.69) is 4.98 Å². The minimum absolute atomic E-state index is 0.0168. The summed E-state index contributed by atoms with van der Waals surface area (Å²) in [6, 6.07) is 1.66. The molecule has 1 fully saturated rings. The molecule has 0 spiro atoms. The van der Waals surface area contributed by atoms with Crippen LogP contribution in [0, 0.1) is 5.82 Å². The maximum absolute atomic E-state index is 13.8. The molecule has 0 aromatic carbocycles. The second-order valence-corrected chi connectivity index (χ2v) is 4.90. The van der Waals surface area contributed by atoms with Crippen molar-refractivity contribution in [3.8, 4) is 0 Å². The number of likely N-dealkylation sites (tertiary alicyclic amines) is 1. The monoisotopic (exact) mass is 251 g/mol. The minimum atomic E-state index is -0.715. The van der Waals surface area contributed by atoms with Crippen molar-refractivity contribution in [1.29, 1.82) is 0 Å². The third-order valence-corrected chi connectivity index (χ3v) is 3.57. The predicted molar refractivity (Wildman–Crippen MR) is 67.6 cm³/mol. The third kappa shape index (κ3) is 2.17. The number of nitrogen functional groups attached to an aromatic ring is 1. The van der Waals surface area contributed by atoms with E-state index >= 15 is 0 Å². The molecule has 1 aliphatic rings. The zero-order chi connectivity index (χ0) is 13.3. The van der Waals surface area contributed by atoms with Gasteiger partial charge in [-0.3, -0.25) is 4.79 Å². The molecule has 0 bridgehead atoms. The molecule has 1 amide bonds. The topological polar surface area (TPSA) is 59.2 Å². The van der Waals surface area contributed by atoms with Crippen LogP contribution >= 0.6 is 0 Å². The number of carbonyl (C=O) groups excluding carboxylic acids is 1. The first-order valence-electron chi connectivity index (χ1n) is 6.25. The van der Waals surface area contributed by atoms with Gasteiger partial charge in [-0.15, -0.1) is 0 Å². The molecule has 98 valence electrons. The number of piperidine rings is 1. The summed E-state index contributed by atoms with van der Waals surface area (Å²) in [4.78, 5) is 17.8. The molecule has 1 aliphatic heterocycles. The molecule has 18 heavy (non-hydrogen) atoms. The van der Waals surface area contributed by atoms with Gasteiger partial charge in [-0.2, -0.15) is 0 Å². The number of amides is 1. The highest BCUT2D eigenvalue weighted by Gasteiger charge is 2.31. The lowest BCUT2D eigenvalue weighted by atomic mass is 9.96. The largest absolute Gasteiger partial charge is 0.381 e. The van der Waals surface area contributed by atoms with E-state index < -0.39 is 5.82 Å². The molecule has 1 aromatic rings. The Bertz CT molecular complexity index is 454. The minimum Gasteiger partial charge on any atom is -0.381 e. The van der Waals surface area contributed by atoms with Crippen molar-refractivity contribution in [3.05, 3.63) is 23.6 Å². The summed E-state index contributed by atoms with van der Waals surface area (Å²) >= 11 is 0. The number of pyridine rings is 1. The quantitative estimate of drug-likeness (QED) is 0.832. The van der Waals surface area contributed by atoms with Crippen LogP contribution in [0.1, 0.15) is 43.5 Å². The lowest BCUT2D eigenvalue weighted by Crippen LogP contribution is -2.47. The van der Waals surface area contributed by atoms with Gasteiger partial charge in [0.25, 0.3) is 5.91 Å². The molecule has 2 rings (SSSR count).